The van der Waals surface area contributed by atoms with Crippen LogP contribution in [0.15, 0.2) is 16.9 Å². The Hall–Kier alpha value is -2.51. The Labute approximate surface area is 126 Å². The minimum Gasteiger partial charge on any atom is -0.458 e. The van der Waals surface area contributed by atoms with E-state index in [0.717, 1.165) is 12.4 Å². The Morgan fingerprint density at radius 2 is 2.14 bits per heavy atom. The number of aryl methyl sites for hydroxylation is 2. The first-order chi connectivity index (χ1) is 10.5. The number of likely N-dealkylation sites (tertiary alicyclic amines) is 1. The molecule has 1 amide bonds. The van der Waals surface area contributed by atoms with Crippen molar-refractivity contribution in [1.29, 1.82) is 0 Å². The van der Waals surface area contributed by atoms with Crippen LogP contribution in [0, 0.1) is 19.7 Å². The summed E-state index contributed by atoms with van der Waals surface area (Å²) in [5, 5.41) is 3.79. The van der Waals surface area contributed by atoms with Crippen molar-refractivity contribution in [2.75, 3.05) is 13.1 Å². The zero-order valence-corrected chi connectivity index (χ0v) is 12.2. The van der Waals surface area contributed by atoms with Gasteiger partial charge in [0.15, 0.2) is 5.82 Å². The number of rotatable bonds is 3. The van der Waals surface area contributed by atoms with Gasteiger partial charge in [0.2, 0.25) is 0 Å². The summed E-state index contributed by atoms with van der Waals surface area (Å²) in [7, 11) is 0. The molecule has 3 heterocycles. The monoisotopic (exact) mass is 306 g/mol. The van der Waals surface area contributed by atoms with E-state index in [0.29, 0.717) is 36.5 Å². The van der Waals surface area contributed by atoms with Gasteiger partial charge in [0.25, 0.3) is 5.91 Å². The summed E-state index contributed by atoms with van der Waals surface area (Å²) in [5.41, 5.74) is 1.08. The van der Waals surface area contributed by atoms with Crippen LogP contribution in [0.2, 0.25) is 0 Å². The van der Waals surface area contributed by atoms with E-state index in [1.807, 2.05) is 0 Å². The number of nitrogens with zero attached hydrogens (tertiary/aromatic N) is 4. The van der Waals surface area contributed by atoms with Crippen molar-refractivity contribution in [2.45, 2.75) is 26.4 Å². The number of hydrogen-bond donors (Lipinski definition) is 0. The molecule has 1 fully saturated rings. The van der Waals surface area contributed by atoms with Gasteiger partial charge in [-0.25, -0.2) is 14.4 Å². The lowest BCUT2D eigenvalue weighted by Crippen LogP contribution is -2.31. The fourth-order valence-electron chi connectivity index (χ4n) is 2.47. The maximum Gasteiger partial charge on any atom is 0.316 e. The number of amides is 1. The Kier molecular flexibility index (Phi) is 3.74. The second kappa shape index (κ2) is 5.70. The lowest BCUT2D eigenvalue weighted by Gasteiger charge is -2.16. The van der Waals surface area contributed by atoms with Gasteiger partial charge in [-0.3, -0.25) is 4.79 Å². The number of halogens is 1. The number of carbonyl (C=O) groups excluding carboxylic acids is 1. The van der Waals surface area contributed by atoms with Crippen molar-refractivity contribution < 1.29 is 18.4 Å². The number of carbonyl (C=O) groups is 1. The summed E-state index contributed by atoms with van der Waals surface area (Å²) < 4.78 is 23.3. The standard InChI is InChI=1S/C14H15FN4O3/c1-8-12(9(2)22-18-8)13(20)19-4-3-11(7-19)21-14-16-5-10(15)6-17-14/h5-6,11H,3-4,7H2,1-2H3/t11-/m0/s1. The third-order valence-corrected chi connectivity index (χ3v) is 3.55. The van der Waals surface area contributed by atoms with Crippen molar-refractivity contribution in [1.82, 2.24) is 20.0 Å². The van der Waals surface area contributed by atoms with E-state index in [2.05, 4.69) is 15.1 Å². The minimum absolute atomic E-state index is 0.109. The smallest absolute Gasteiger partial charge is 0.316 e. The number of aromatic nitrogens is 3. The molecule has 2 aromatic heterocycles. The Balaban J connectivity index is 1.65. The highest BCUT2D eigenvalue weighted by molar-refractivity contribution is 5.96. The topological polar surface area (TPSA) is 81.4 Å². The van der Waals surface area contributed by atoms with E-state index in [9.17, 15) is 9.18 Å². The van der Waals surface area contributed by atoms with E-state index in [4.69, 9.17) is 9.26 Å². The van der Waals surface area contributed by atoms with Crippen LogP contribution in [0.4, 0.5) is 4.39 Å². The van der Waals surface area contributed by atoms with Crippen molar-refractivity contribution in [3.8, 4) is 6.01 Å². The maximum absolute atomic E-state index is 12.8. The molecule has 0 aromatic carbocycles. The third-order valence-electron chi connectivity index (χ3n) is 3.55. The molecule has 0 bridgehead atoms. The van der Waals surface area contributed by atoms with Crippen LogP contribution in [-0.4, -0.2) is 45.1 Å². The molecule has 22 heavy (non-hydrogen) atoms. The highest BCUT2D eigenvalue weighted by Gasteiger charge is 2.31. The molecular formula is C14H15FN4O3. The van der Waals surface area contributed by atoms with Gasteiger partial charge in [-0.15, -0.1) is 0 Å². The van der Waals surface area contributed by atoms with Crippen LogP contribution in [0.25, 0.3) is 0 Å². The molecule has 0 saturated carbocycles. The van der Waals surface area contributed by atoms with Crippen molar-refractivity contribution >= 4 is 5.91 Å². The molecule has 0 radical (unpaired) electrons. The van der Waals surface area contributed by atoms with E-state index in [-0.39, 0.29) is 18.0 Å². The molecule has 0 aliphatic carbocycles. The SMILES string of the molecule is Cc1noc(C)c1C(=O)N1CC[C@H](Oc2ncc(F)cn2)C1. The van der Waals surface area contributed by atoms with Gasteiger partial charge in [0, 0.05) is 13.0 Å². The lowest BCUT2D eigenvalue weighted by molar-refractivity contribution is 0.0767. The minimum atomic E-state index is -0.519. The van der Waals surface area contributed by atoms with E-state index in [1.165, 1.54) is 0 Å². The van der Waals surface area contributed by atoms with Crippen LogP contribution < -0.4 is 4.74 Å². The summed E-state index contributed by atoms with van der Waals surface area (Å²) in [6, 6.07) is 0.109. The van der Waals surface area contributed by atoms with Crippen LogP contribution in [0.3, 0.4) is 0 Å². The third kappa shape index (κ3) is 2.76. The normalized spacial score (nSPS) is 17.8. The van der Waals surface area contributed by atoms with Crippen molar-refractivity contribution in [2.24, 2.45) is 0 Å². The first kappa shape index (κ1) is 14.4. The number of hydrogen-bond acceptors (Lipinski definition) is 6. The Morgan fingerprint density at radius 3 is 2.77 bits per heavy atom. The average Bonchev–Trinajstić information content (AvgIpc) is 3.08. The number of ether oxygens (including phenoxy) is 1. The van der Waals surface area contributed by atoms with Crippen molar-refractivity contribution in [3.63, 3.8) is 0 Å². The summed E-state index contributed by atoms with van der Waals surface area (Å²) in [5.74, 6) is -0.134. The fourth-order valence-corrected chi connectivity index (χ4v) is 2.47. The Bertz CT molecular complexity index is 666. The van der Waals surface area contributed by atoms with Crippen LogP contribution in [-0.2, 0) is 0 Å². The first-order valence-corrected chi connectivity index (χ1v) is 6.91. The van der Waals surface area contributed by atoms with Gasteiger partial charge in [-0.1, -0.05) is 5.16 Å². The van der Waals surface area contributed by atoms with Gasteiger partial charge >= 0.3 is 6.01 Å². The van der Waals surface area contributed by atoms with E-state index >= 15 is 0 Å². The molecular weight excluding hydrogens is 291 g/mol. The zero-order valence-electron chi connectivity index (χ0n) is 12.2. The molecule has 0 unspecified atom stereocenters. The van der Waals surface area contributed by atoms with Crippen LogP contribution in [0.1, 0.15) is 28.2 Å². The maximum atomic E-state index is 12.8. The van der Waals surface area contributed by atoms with Gasteiger partial charge in [-0.2, -0.15) is 0 Å². The highest BCUT2D eigenvalue weighted by atomic mass is 19.1. The molecule has 8 heteroatoms. The molecule has 1 saturated heterocycles. The summed E-state index contributed by atoms with van der Waals surface area (Å²) in [4.78, 5) is 21.7. The quantitative estimate of drug-likeness (QED) is 0.855. The predicted octanol–water partition coefficient (Wildman–Crippen LogP) is 1.51. The summed E-state index contributed by atoms with van der Waals surface area (Å²) in [6.07, 6.45) is 2.54. The molecule has 116 valence electrons. The molecule has 0 N–H and O–H groups in total. The van der Waals surface area contributed by atoms with Crippen molar-refractivity contribution in [3.05, 3.63) is 35.2 Å². The average molecular weight is 306 g/mol. The fraction of sp³-hybridized carbons (Fsp3) is 0.429. The van der Waals surface area contributed by atoms with Crippen LogP contribution >= 0.6 is 0 Å². The zero-order chi connectivity index (χ0) is 15.7. The van der Waals surface area contributed by atoms with Gasteiger partial charge in [0.05, 0.1) is 24.6 Å². The molecule has 1 aliphatic heterocycles. The molecule has 0 spiro atoms. The van der Waals surface area contributed by atoms with E-state index in [1.54, 1.807) is 18.7 Å². The first-order valence-electron chi connectivity index (χ1n) is 6.91. The van der Waals surface area contributed by atoms with E-state index < -0.39 is 5.82 Å². The lowest BCUT2D eigenvalue weighted by atomic mass is 10.2. The largest absolute Gasteiger partial charge is 0.458 e. The molecule has 7 nitrogen and oxygen atoms in total. The molecule has 3 rings (SSSR count). The second-order valence-electron chi connectivity index (χ2n) is 5.16. The molecule has 1 aliphatic rings. The van der Waals surface area contributed by atoms with Gasteiger partial charge in [-0.05, 0) is 13.8 Å². The van der Waals surface area contributed by atoms with Crippen LogP contribution in [0.5, 0.6) is 6.01 Å². The van der Waals surface area contributed by atoms with Gasteiger partial charge in [0.1, 0.15) is 17.4 Å². The summed E-state index contributed by atoms with van der Waals surface area (Å²) in [6.45, 7) is 4.43. The highest BCUT2D eigenvalue weighted by Crippen LogP contribution is 2.20. The van der Waals surface area contributed by atoms with Gasteiger partial charge < -0.3 is 14.2 Å². The Morgan fingerprint density at radius 1 is 1.41 bits per heavy atom. The molecule has 1 atom stereocenters. The molecule has 2 aromatic rings. The second-order valence-corrected chi connectivity index (χ2v) is 5.16. The summed E-state index contributed by atoms with van der Waals surface area (Å²) >= 11 is 0. The predicted molar refractivity (Wildman–Crippen MR) is 72.9 cm³/mol.